The number of rotatable bonds is 4. The summed E-state index contributed by atoms with van der Waals surface area (Å²) in [7, 11) is 1.76. The van der Waals surface area contributed by atoms with Crippen molar-refractivity contribution in [3.05, 3.63) is 22.6 Å². The molecule has 0 saturated heterocycles. The van der Waals surface area contributed by atoms with E-state index in [1.165, 1.54) is 0 Å². The van der Waals surface area contributed by atoms with Crippen LogP contribution in [0.5, 0.6) is 0 Å². The average molecular weight is 317 g/mol. The Labute approximate surface area is 116 Å². The van der Waals surface area contributed by atoms with Gasteiger partial charge in [0.25, 0.3) is 0 Å². The lowest BCUT2D eigenvalue weighted by molar-refractivity contribution is -0.0806. The number of furan rings is 1. The molecule has 102 valence electrons. The Morgan fingerprint density at radius 1 is 1.56 bits per heavy atom. The third-order valence-corrected chi connectivity index (χ3v) is 4.78. The van der Waals surface area contributed by atoms with Crippen LogP contribution in [0, 0.1) is 5.92 Å². The van der Waals surface area contributed by atoms with Crippen molar-refractivity contribution < 1.29 is 9.15 Å². The zero-order valence-electron chi connectivity index (χ0n) is 10.9. The summed E-state index contributed by atoms with van der Waals surface area (Å²) in [5.41, 5.74) is 2.60. The number of methoxy groups -OCH3 is 1. The van der Waals surface area contributed by atoms with Gasteiger partial charge < -0.3 is 9.15 Å². The number of ether oxygens (including phenoxy) is 1. The zero-order valence-corrected chi connectivity index (χ0v) is 12.5. The fourth-order valence-corrected chi connectivity index (χ4v) is 3.27. The van der Waals surface area contributed by atoms with Crippen LogP contribution in [0.4, 0.5) is 0 Å². The number of hydrazine groups is 1. The normalized spacial score (nSPS) is 30.3. The van der Waals surface area contributed by atoms with E-state index in [2.05, 4.69) is 28.3 Å². The summed E-state index contributed by atoms with van der Waals surface area (Å²) in [6, 6.07) is 1.76. The molecule has 1 aromatic heterocycles. The fourth-order valence-electron chi connectivity index (χ4n) is 2.84. The van der Waals surface area contributed by atoms with Crippen molar-refractivity contribution in [1.82, 2.24) is 5.43 Å². The summed E-state index contributed by atoms with van der Waals surface area (Å²) < 4.78 is 12.3. The Balaban J connectivity index is 2.27. The van der Waals surface area contributed by atoms with Crippen molar-refractivity contribution in [3.63, 3.8) is 0 Å². The molecule has 1 aliphatic carbocycles. The van der Waals surface area contributed by atoms with E-state index in [1.807, 2.05) is 6.07 Å². The van der Waals surface area contributed by atoms with Crippen molar-refractivity contribution >= 4 is 15.9 Å². The van der Waals surface area contributed by atoms with Gasteiger partial charge in [-0.25, -0.2) is 5.43 Å². The van der Waals surface area contributed by atoms with Crippen LogP contribution < -0.4 is 11.3 Å². The van der Waals surface area contributed by atoms with E-state index in [-0.39, 0.29) is 11.6 Å². The first-order chi connectivity index (χ1) is 8.63. The molecule has 1 unspecified atom stereocenters. The average Bonchev–Trinajstić information content (AvgIpc) is 2.79. The first-order valence-corrected chi connectivity index (χ1v) is 7.16. The van der Waals surface area contributed by atoms with Crippen LogP contribution in [0.25, 0.3) is 0 Å². The minimum Gasteiger partial charge on any atom is -0.466 e. The van der Waals surface area contributed by atoms with Crippen LogP contribution in [0.1, 0.15) is 44.4 Å². The maximum atomic E-state index is 5.84. The molecule has 4 nitrogen and oxygen atoms in total. The van der Waals surface area contributed by atoms with Crippen LogP contribution in [-0.2, 0) is 4.74 Å². The molecule has 0 amide bonds. The smallest absolute Gasteiger partial charge is 0.139 e. The Kier molecular flexibility index (Phi) is 4.48. The highest BCUT2D eigenvalue weighted by molar-refractivity contribution is 9.10. The van der Waals surface area contributed by atoms with E-state index in [1.54, 1.807) is 13.4 Å². The Hall–Kier alpha value is -0.360. The lowest BCUT2D eigenvalue weighted by Crippen LogP contribution is -2.49. The minimum atomic E-state index is -0.276. The number of halogens is 1. The lowest BCUT2D eigenvalue weighted by Gasteiger charge is -2.43. The molecule has 18 heavy (non-hydrogen) atoms. The highest BCUT2D eigenvalue weighted by Crippen LogP contribution is 2.44. The quantitative estimate of drug-likeness (QED) is 0.661. The van der Waals surface area contributed by atoms with Gasteiger partial charge in [0.15, 0.2) is 0 Å². The van der Waals surface area contributed by atoms with E-state index in [0.29, 0.717) is 0 Å². The Bertz CT molecular complexity index is 386. The second-order valence-electron chi connectivity index (χ2n) is 5.18. The van der Waals surface area contributed by atoms with Crippen molar-refractivity contribution in [2.75, 3.05) is 7.11 Å². The molecule has 1 aromatic rings. The van der Waals surface area contributed by atoms with E-state index in [9.17, 15) is 0 Å². The van der Waals surface area contributed by atoms with E-state index in [4.69, 9.17) is 15.0 Å². The van der Waals surface area contributed by atoms with Crippen LogP contribution >= 0.6 is 15.9 Å². The fraction of sp³-hybridized carbons (Fsp3) is 0.692. The van der Waals surface area contributed by atoms with E-state index < -0.39 is 0 Å². The van der Waals surface area contributed by atoms with Gasteiger partial charge in [-0.15, -0.1) is 0 Å². The van der Waals surface area contributed by atoms with Gasteiger partial charge in [-0.05, 0) is 53.6 Å². The summed E-state index contributed by atoms with van der Waals surface area (Å²) in [5, 5.41) is 0. The standard InChI is InChI=1S/C13H21BrN2O2/c1-9-3-6-13(17-2,7-4-9)12(16-15)11-10(14)5-8-18-11/h5,8-9,12,16H,3-4,6-7,15H2,1-2H3. The van der Waals surface area contributed by atoms with Crippen molar-refractivity contribution in [2.45, 2.75) is 44.2 Å². The summed E-state index contributed by atoms with van der Waals surface area (Å²) in [5.74, 6) is 7.32. The van der Waals surface area contributed by atoms with Crippen LogP contribution in [0.3, 0.4) is 0 Å². The molecular formula is C13H21BrN2O2. The van der Waals surface area contributed by atoms with E-state index in [0.717, 1.165) is 41.8 Å². The summed E-state index contributed by atoms with van der Waals surface area (Å²) in [4.78, 5) is 0. The lowest BCUT2D eigenvalue weighted by atomic mass is 9.75. The molecule has 1 fully saturated rings. The van der Waals surface area contributed by atoms with Crippen molar-refractivity contribution in [2.24, 2.45) is 11.8 Å². The predicted molar refractivity (Wildman–Crippen MR) is 73.8 cm³/mol. The van der Waals surface area contributed by atoms with Crippen molar-refractivity contribution in [1.29, 1.82) is 0 Å². The van der Waals surface area contributed by atoms with Gasteiger partial charge in [-0.3, -0.25) is 5.84 Å². The summed E-state index contributed by atoms with van der Waals surface area (Å²) in [6.07, 6.45) is 5.96. The molecule has 3 N–H and O–H groups in total. The molecule has 0 radical (unpaired) electrons. The molecule has 2 rings (SSSR count). The molecule has 0 aromatic carbocycles. The second kappa shape index (κ2) is 5.74. The molecule has 1 heterocycles. The molecular weight excluding hydrogens is 296 g/mol. The number of nitrogens with one attached hydrogen (secondary N) is 1. The summed E-state index contributed by atoms with van der Waals surface area (Å²) in [6.45, 7) is 2.28. The second-order valence-corrected chi connectivity index (χ2v) is 6.04. The first kappa shape index (κ1) is 14.1. The van der Waals surface area contributed by atoms with Gasteiger partial charge in [0.05, 0.1) is 16.3 Å². The number of nitrogens with two attached hydrogens (primary N) is 1. The number of hydrogen-bond donors (Lipinski definition) is 2. The molecule has 1 saturated carbocycles. The van der Waals surface area contributed by atoms with E-state index >= 15 is 0 Å². The van der Waals surface area contributed by atoms with Crippen molar-refractivity contribution in [3.8, 4) is 0 Å². The van der Waals surface area contributed by atoms with Gasteiger partial charge in [-0.2, -0.15) is 0 Å². The molecule has 1 aliphatic rings. The molecule has 5 heteroatoms. The van der Waals surface area contributed by atoms with Crippen LogP contribution in [-0.4, -0.2) is 12.7 Å². The SMILES string of the molecule is COC1(C(NN)c2occc2Br)CCC(C)CC1. The van der Waals surface area contributed by atoms with Gasteiger partial charge >= 0.3 is 0 Å². The summed E-state index contributed by atoms with van der Waals surface area (Å²) >= 11 is 3.49. The maximum absolute atomic E-state index is 5.84. The van der Waals surface area contributed by atoms with Gasteiger partial charge in [0.2, 0.25) is 0 Å². The molecule has 1 atom stereocenters. The highest BCUT2D eigenvalue weighted by Gasteiger charge is 2.44. The maximum Gasteiger partial charge on any atom is 0.139 e. The van der Waals surface area contributed by atoms with Gasteiger partial charge in [0, 0.05) is 7.11 Å². The predicted octanol–water partition coefficient (Wildman–Crippen LogP) is 3.14. The van der Waals surface area contributed by atoms with Crippen LogP contribution in [0.2, 0.25) is 0 Å². The topological polar surface area (TPSA) is 60.4 Å². The van der Waals surface area contributed by atoms with Crippen LogP contribution in [0.15, 0.2) is 21.2 Å². The number of hydrogen-bond acceptors (Lipinski definition) is 4. The third kappa shape index (κ3) is 2.50. The third-order valence-electron chi connectivity index (χ3n) is 4.13. The monoisotopic (exact) mass is 316 g/mol. The highest BCUT2D eigenvalue weighted by atomic mass is 79.9. The largest absolute Gasteiger partial charge is 0.466 e. The first-order valence-electron chi connectivity index (χ1n) is 6.37. The minimum absolute atomic E-state index is 0.126. The van der Waals surface area contributed by atoms with Gasteiger partial charge in [0.1, 0.15) is 11.8 Å². The molecule has 0 aliphatic heterocycles. The zero-order chi connectivity index (χ0) is 13.2. The Morgan fingerprint density at radius 2 is 2.22 bits per heavy atom. The molecule has 0 spiro atoms. The Morgan fingerprint density at radius 3 is 2.67 bits per heavy atom. The molecule has 0 bridgehead atoms. The van der Waals surface area contributed by atoms with Gasteiger partial charge in [-0.1, -0.05) is 6.92 Å².